The second-order valence-corrected chi connectivity index (χ2v) is 9.31. The number of hydrogen-bond donors (Lipinski definition) is 2. The summed E-state index contributed by atoms with van der Waals surface area (Å²) in [7, 11) is 0. The van der Waals surface area contributed by atoms with E-state index in [4.69, 9.17) is 17.3 Å². The molecule has 142 valence electrons. The molecule has 0 spiro atoms. The maximum Gasteiger partial charge on any atom is 0.0664 e. The number of hydrogen-bond acceptors (Lipinski definition) is 3. The van der Waals surface area contributed by atoms with E-state index in [1.54, 1.807) is 0 Å². The highest BCUT2D eigenvalue weighted by Gasteiger charge is 2.24. The summed E-state index contributed by atoms with van der Waals surface area (Å²) in [4.78, 5) is 2.87. The number of fused-ring (bicyclic) bond motifs is 2. The summed E-state index contributed by atoms with van der Waals surface area (Å²) in [6, 6.07) is 4.76. The van der Waals surface area contributed by atoms with E-state index in [1.807, 2.05) is 17.4 Å². The number of aromatic nitrogens is 1. The Morgan fingerprint density at radius 2 is 2.22 bits per heavy atom. The highest BCUT2D eigenvalue weighted by molar-refractivity contribution is 7.13. The third-order valence-electron chi connectivity index (χ3n) is 5.28. The number of allylic oxidation sites excluding steroid dienone is 3. The van der Waals surface area contributed by atoms with Crippen molar-refractivity contribution < 1.29 is 0 Å². The third kappa shape index (κ3) is 3.54. The van der Waals surface area contributed by atoms with Gasteiger partial charge in [-0.2, -0.15) is 0 Å². The number of nitrogens with one attached hydrogen (secondary N) is 1. The molecule has 4 heterocycles. The Bertz CT molecular complexity index is 945. The van der Waals surface area contributed by atoms with E-state index in [1.165, 1.54) is 27.3 Å². The Morgan fingerprint density at radius 3 is 2.96 bits per heavy atom. The lowest BCUT2D eigenvalue weighted by Gasteiger charge is -2.25. The number of halogens is 1. The molecule has 2 aromatic heterocycles. The first-order chi connectivity index (χ1) is 12.9. The van der Waals surface area contributed by atoms with Crippen molar-refractivity contribution in [2.24, 2.45) is 11.7 Å². The normalized spacial score (nSPS) is 18.8. The zero-order valence-electron chi connectivity index (χ0n) is 15.9. The van der Waals surface area contributed by atoms with Gasteiger partial charge in [-0.05, 0) is 48.1 Å². The van der Waals surface area contributed by atoms with Gasteiger partial charge in [-0.25, -0.2) is 0 Å². The van der Waals surface area contributed by atoms with Gasteiger partial charge in [0.25, 0.3) is 0 Å². The molecule has 27 heavy (non-hydrogen) atoms. The number of rotatable bonds is 4. The molecule has 2 aromatic rings. The average Bonchev–Trinajstić information content (AvgIpc) is 3.10. The smallest absolute Gasteiger partial charge is 0.0664 e. The Kier molecular flexibility index (Phi) is 5.06. The fourth-order valence-corrected chi connectivity index (χ4v) is 5.51. The van der Waals surface area contributed by atoms with Crippen LogP contribution in [0, 0.1) is 5.92 Å². The number of nitrogens with two attached hydrogens (primary N) is 1. The van der Waals surface area contributed by atoms with Crippen molar-refractivity contribution in [2.45, 2.75) is 39.3 Å². The molecular weight excluding hydrogens is 374 g/mol. The van der Waals surface area contributed by atoms with Crippen molar-refractivity contribution >= 4 is 40.3 Å². The predicted octanol–water partition coefficient (Wildman–Crippen LogP) is 5.48. The van der Waals surface area contributed by atoms with Gasteiger partial charge in [0.05, 0.1) is 16.4 Å². The van der Waals surface area contributed by atoms with Crippen LogP contribution in [0.15, 0.2) is 30.9 Å². The lowest BCUT2D eigenvalue weighted by Crippen LogP contribution is -2.29. The quantitative estimate of drug-likeness (QED) is 0.715. The topological polar surface area (TPSA) is 43.0 Å². The standard InChI is InChI=1S/C22H26ClN3S/c1-13(2)10-18-16-11-22(27-21(16)6-8-25-18)15-4-5-19-17(23)12-20(14(3)24)26(19)9-7-15/h4-5,7,11-13,18,25H,3,6,8-10,24H2,1-2H3. The Hall–Kier alpha value is -1.75. The summed E-state index contributed by atoms with van der Waals surface area (Å²) in [5.74, 6) is 0.685. The molecule has 5 heteroatoms. The molecule has 2 aliphatic heterocycles. The van der Waals surface area contributed by atoms with Crippen LogP contribution in [-0.2, 0) is 13.0 Å². The van der Waals surface area contributed by atoms with E-state index in [2.05, 4.69) is 54.6 Å². The number of thiophene rings is 1. The fourth-order valence-electron chi connectivity index (χ4n) is 4.00. The van der Waals surface area contributed by atoms with Crippen LogP contribution in [0.2, 0.25) is 5.02 Å². The third-order valence-corrected chi connectivity index (χ3v) is 6.85. The predicted molar refractivity (Wildman–Crippen MR) is 118 cm³/mol. The van der Waals surface area contributed by atoms with Crippen molar-refractivity contribution in [3.8, 4) is 0 Å². The Labute approximate surface area is 170 Å². The van der Waals surface area contributed by atoms with E-state index >= 15 is 0 Å². The molecule has 2 aliphatic rings. The lowest BCUT2D eigenvalue weighted by atomic mass is 9.93. The van der Waals surface area contributed by atoms with Crippen LogP contribution in [0.4, 0.5) is 0 Å². The fraction of sp³-hybridized carbons (Fsp3) is 0.364. The summed E-state index contributed by atoms with van der Waals surface area (Å²) in [6.45, 7) is 10.3. The minimum Gasteiger partial charge on any atom is -0.398 e. The van der Waals surface area contributed by atoms with Gasteiger partial charge in [0, 0.05) is 34.6 Å². The molecule has 0 aromatic carbocycles. The minimum absolute atomic E-state index is 0.476. The Morgan fingerprint density at radius 1 is 1.41 bits per heavy atom. The molecule has 3 nitrogen and oxygen atoms in total. The van der Waals surface area contributed by atoms with Gasteiger partial charge < -0.3 is 15.6 Å². The first-order valence-electron chi connectivity index (χ1n) is 9.52. The molecular formula is C22H26ClN3S. The van der Waals surface area contributed by atoms with Crippen molar-refractivity contribution in [3.63, 3.8) is 0 Å². The largest absolute Gasteiger partial charge is 0.398 e. The van der Waals surface area contributed by atoms with Crippen LogP contribution in [0.25, 0.3) is 17.3 Å². The van der Waals surface area contributed by atoms with Gasteiger partial charge in [-0.3, -0.25) is 0 Å². The van der Waals surface area contributed by atoms with Gasteiger partial charge in [0.15, 0.2) is 0 Å². The van der Waals surface area contributed by atoms with Gasteiger partial charge in [0.2, 0.25) is 0 Å². The highest BCUT2D eigenvalue weighted by atomic mass is 35.5. The second-order valence-electron chi connectivity index (χ2n) is 7.77. The molecule has 4 rings (SSSR count). The molecule has 1 unspecified atom stereocenters. The van der Waals surface area contributed by atoms with E-state index in [0.717, 1.165) is 30.9 Å². The van der Waals surface area contributed by atoms with E-state index in [-0.39, 0.29) is 0 Å². The summed E-state index contributed by atoms with van der Waals surface area (Å²) in [6.07, 6.45) is 8.83. The molecule has 0 saturated heterocycles. The van der Waals surface area contributed by atoms with Crippen molar-refractivity contribution in [2.75, 3.05) is 6.54 Å². The maximum absolute atomic E-state index is 6.43. The van der Waals surface area contributed by atoms with Crippen LogP contribution in [0.3, 0.4) is 0 Å². The monoisotopic (exact) mass is 399 g/mol. The molecule has 0 fully saturated rings. The van der Waals surface area contributed by atoms with Crippen LogP contribution in [0.5, 0.6) is 0 Å². The van der Waals surface area contributed by atoms with Crippen molar-refractivity contribution in [3.05, 3.63) is 62.6 Å². The van der Waals surface area contributed by atoms with Crippen molar-refractivity contribution in [1.82, 2.24) is 9.88 Å². The van der Waals surface area contributed by atoms with E-state index < -0.39 is 0 Å². The second kappa shape index (κ2) is 7.34. The summed E-state index contributed by atoms with van der Waals surface area (Å²) < 4.78 is 2.13. The van der Waals surface area contributed by atoms with Crippen LogP contribution >= 0.6 is 22.9 Å². The Balaban J connectivity index is 1.67. The summed E-state index contributed by atoms with van der Waals surface area (Å²) >= 11 is 8.36. The van der Waals surface area contributed by atoms with Gasteiger partial charge in [-0.15, -0.1) is 11.3 Å². The van der Waals surface area contributed by atoms with Gasteiger partial charge in [-0.1, -0.05) is 44.2 Å². The molecule has 3 N–H and O–H groups in total. The van der Waals surface area contributed by atoms with Crippen molar-refractivity contribution in [1.29, 1.82) is 0 Å². The van der Waals surface area contributed by atoms with E-state index in [0.29, 0.717) is 22.7 Å². The molecule has 0 radical (unpaired) electrons. The maximum atomic E-state index is 6.43. The molecule has 0 aliphatic carbocycles. The minimum atomic E-state index is 0.476. The van der Waals surface area contributed by atoms with Crippen LogP contribution in [-0.4, -0.2) is 11.1 Å². The first-order valence-corrected chi connectivity index (χ1v) is 10.7. The number of nitrogens with zero attached hydrogens (tertiary/aromatic N) is 1. The van der Waals surface area contributed by atoms with Crippen LogP contribution < -0.4 is 11.1 Å². The van der Waals surface area contributed by atoms with Gasteiger partial charge in [0.1, 0.15) is 0 Å². The zero-order valence-corrected chi connectivity index (χ0v) is 17.5. The zero-order chi connectivity index (χ0) is 19.1. The first kappa shape index (κ1) is 18.6. The summed E-state index contributed by atoms with van der Waals surface area (Å²) in [5.41, 5.74) is 11.1. The molecule has 0 bridgehead atoms. The highest BCUT2D eigenvalue weighted by Crippen LogP contribution is 2.38. The SMILES string of the molecule is C=C(N)c1cc(Cl)c2n1CC=C(c1cc3c(s1)CCNC3CC(C)C)C=C2. The molecule has 0 amide bonds. The lowest BCUT2D eigenvalue weighted by molar-refractivity contribution is 0.417. The average molecular weight is 400 g/mol. The van der Waals surface area contributed by atoms with E-state index in [9.17, 15) is 0 Å². The molecule has 0 saturated carbocycles. The molecule has 1 atom stereocenters. The summed E-state index contributed by atoms with van der Waals surface area (Å²) in [5, 5.41) is 4.41. The van der Waals surface area contributed by atoms with Crippen LogP contribution in [0.1, 0.15) is 53.0 Å². The van der Waals surface area contributed by atoms with Gasteiger partial charge >= 0.3 is 0 Å².